The molecular weight excluding hydrogens is 260 g/mol. The van der Waals surface area contributed by atoms with Gasteiger partial charge in [0, 0.05) is 25.1 Å². The van der Waals surface area contributed by atoms with E-state index in [1.807, 2.05) is 4.90 Å². The number of aliphatic hydroxyl groups excluding tert-OH is 1. The van der Waals surface area contributed by atoms with Crippen molar-refractivity contribution < 1.29 is 9.90 Å². The molecule has 1 aromatic heterocycles. The Morgan fingerprint density at radius 2 is 2.00 bits per heavy atom. The predicted molar refractivity (Wildman–Crippen MR) is 78.5 cm³/mol. The third kappa shape index (κ3) is 6.16. The van der Waals surface area contributed by atoms with Crippen LogP contribution in [0.5, 0.6) is 0 Å². The topological polar surface area (TPSA) is 53.4 Å². The summed E-state index contributed by atoms with van der Waals surface area (Å²) in [4.78, 5) is 18.1. The van der Waals surface area contributed by atoms with Gasteiger partial charge < -0.3 is 10.0 Å². The van der Waals surface area contributed by atoms with E-state index in [4.69, 9.17) is 5.11 Å². The van der Waals surface area contributed by atoms with Gasteiger partial charge in [-0.05, 0) is 12.8 Å². The maximum atomic E-state index is 12.2. The number of rotatable bonds is 10. The summed E-state index contributed by atoms with van der Waals surface area (Å²) in [7, 11) is 0. The summed E-state index contributed by atoms with van der Waals surface area (Å²) in [6.45, 7) is 3.69. The Hall–Kier alpha value is -0.940. The number of unbranched alkanes of at least 4 members (excludes halogenated alkanes) is 4. The van der Waals surface area contributed by atoms with Crippen molar-refractivity contribution in [2.45, 2.75) is 45.4 Å². The maximum Gasteiger partial charge on any atom is 0.273 e. The smallest absolute Gasteiger partial charge is 0.273 e. The van der Waals surface area contributed by atoms with Crippen LogP contribution in [0.2, 0.25) is 0 Å². The average Bonchev–Trinajstić information content (AvgIpc) is 2.95. The molecule has 1 heterocycles. The zero-order valence-electron chi connectivity index (χ0n) is 11.7. The highest BCUT2D eigenvalue weighted by Crippen LogP contribution is 2.09. The van der Waals surface area contributed by atoms with E-state index in [1.165, 1.54) is 30.6 Å². The molecule has 0 aliphatic rings. The molecule has 4 nitrogen and oxygen atoms in total. The van der Waals surface area contributed by atoms with Crippen molar-refractivity contribution in [3.8, 4) is 0 Å². The van der Waals surface area contributed by atoms with Crippen LogP contribution in [-0.4, -0.2) is 40.6 Å². The van der Waals surface area contributed by atoms with Gasteiger partial charge in [-0.15, -0.1) is 11.3 Å². The molecule has 0 unspecified atom stereocenters. The number of amides is 1. The molecule has 0 bridgehead atoms. The first kappa shape index (κ1) is 16.1. The molecule has 19 heavy (non-hydrogen) atoms. The first-order valence-corrected chi connectivity index (χ1v) is 8.02. The highest BCUT2D eigenvalue weighted by molar-refractivity contribution is 7.07. The number of nitrogens with zero attached hydrogens (tertiary/aromatic N) is 2. The van der Waals surface area contributed by atoms with E-state index < -0.39 is 0 Å². The molecule has 1 rings (SSSR count). The van der Waals surface area contributed by atoms with Crippen molar-refractivity contribution in [2.75, 3.05) is 19.7 Å². The van der Waals surface area contributed by atoms with Crippen molar-refractivity contribution in [1.29, 1.82) is 0 Å². The molecule has 0 spiro atoms. The predicted octanol–water partition coefficient (Wildman–Crippen LogP) is 2.94. The summed E-state index contributed by atoms with van der Waals surface area (Å²) in [6, 6.07) is 0. The minimum Gasteiger partial charge on any atom is -0.396 e. The van der Waals surface area contributed by atoms with Crippen LogP contribution in [0.1, 0.15) is 55.9 Å². The van der Waals surface area contributed by atoms with Gasteiger partial charge in [0.15, 0.2) is 0 Å². The Balaban J connectivity index is 2.40. The Morgan fingerprint density at radius 3 is 2.63 bits per heavy atom. The number of aliphatic hydroxyl groups is 1. The minimum absolute atomic E-state index is 0.00908. The minimum atomic E-state index is -0.00908. The second-order valence-corrected chi connectivity index (χ2v) is 5.38. The molecule has 0 aliphatic carbocycles. The third-order valence-corrected chi connectivity index (χ3v) is 3.64. The maximum absolute atomic E-state index is 12.2. The molecule has 5 heteroatoms. The van der Waals surface area contributed by atoms with E-state index in [9.17, 15) is 4.79 Å². The van der Waals surface area contributed by atoms with Crippen LogP contribution < -0.4 is 0 Å². The lowest BCUT2D eigenvalue weighted by molar-refractivity contribution is 0.0736. The second-order valence-electron chi connectivity index (χ2n) is 4.66. The molecule has 0 saturated heterocycles. The van der Waals surface area contributed by atoms with Gasteiger partial charge in [0.05, 0.1) is 5.51 Å². The fraction of sp³-hybridized carbons (Fsp3) is 0.714. The van der Waals surface area contributed by atoms with Gasteiger partial charge in [-0.25, -0.2) is 4.98 Å². The summed E-state index contributed by atoms with van der Waals surface area (Å²) in [5, 5.41) is 10.7. The molecule has 0 fully saturated rings. The number of aromatic nitrogens is 1. The Morgan fingerprint density at radius 1 is 1.26 bits per heavy atom. The largest absolute Gasteiger partial charge is 0.396 e. The van der Waals surface area contributed by atoms with Crippen LogP contribution in [0, 0.1) is 0 Å². The van der Waals surface area contributed by atoms with Crippen molar-refractivity contribution in [1.82, 2.24) is 9.88 Å². The molecule has 0 radical (unpaired) electrons. The quantitative estimate of drug-likeness (QED) is 0.672. The van der Waals surface area contributed by atoms with E-state index in [2.05, 4.69) is 11.9 Å². The molecule has 1 aromatic rings. The third-order valence-electron chi connectivity index (χ3n) is 3.06. The Labute approximate surface area is 119 Å². The van der Waals surface area contributed by atoms with E-state index in [0.29, 0.717) is 18.7 Å². The summed E-state index contributed by atoms with van der Waals surface area (Å²) >= 11 is 1.44. The molecule has 1 N–H and O–H groups in total. The van der Waals surface area contributed by atoms with Gasteiger partial charge in [0.25, 0.3) is 5.91 Å². The lowest BCUT2D eigenvalue weighted by Crippen LogP contribution is -2.33. The van der Waals surface area contributed by atoms with Gasteiger partial charge >= 0.3 is 0 Å². The first-order valence-electron chi connectivity index (χ1n) is 7.08. The standard InChI is InChI=1S/C14H24N2O2S/c1-2-3-4-5-6-8-16(9-7-10-17)14(18)13-11-19-12-15-13/h11-12,17H,2-10H2,1H3. The van der Waals surface area contributed by atoms with E-state index in [1.54, 1.807) is 10.9 Å². The highest BCUT2D eigenvalue weighted by atomic mass is 32.1. The molecule has 0 saturated carbocycles. The van der Waals surface area contributed by atoms with E-state index in [-0.39, 0.29) is 12.5 Å². The second kappa shape index (κ2) is 9.92. The fourth-order valence-corrected chi connectivity index (χ4v) is 2.49. The van der Waals surface area contributed by atoms with Gasteiger partial charge in [-0.3, -0.25) is 4.79 Å². The number of thiazole rings is 1. The molecule has 1 amide bonds. The monoisotopic (exact) mass is 284 g/mol. The van der Waals surface area contributed by atoms with Crippen LogP contribution >= 0.6 is 11.3 Å². The lowest BCUT2D eigenvalue weighted by atomic mass is 10.1. The van der Waals surface area contributed by atoms with Gasteiger partial charge in [0.1, 0.15) is 5.69 Å². The van der Waals surface area contributed by atoms with Crippen molar-refractivity contribution in [3.63, 3.8) is 0 Å². The van der Waals surface area contributed by atoms with E-state index >= 15 is 0 Å². The Bertz CT molecular complexity index is 341. The Kier molecular flexibility index (Phi) is 8.41. The number of carbonyl (C=O) groups is 1. The van der Waals surface area contributed by atoms with Crippen LogP contribution in [0.25, 0.3) is 0 Å². The van der Waals surface area contributed by atoms with Gasteiger partial charge in [0.2, 0.25) is 0 Å². The first-order chi connectivity index (χ1) is 9.29. The van der Waals surface area contributed by atoms with Crippen LogP contribution in [0.4, 0.5) is 0 Å². The summed E-state index contributed by atoms with van der Waals surface area (Å²) in [6.07, 6.45) is 6.54. The zero-order valence-corrected chi connectivity index (χ0v) is 12.5. The van der Waals surface area contributed by atoms with Gasteiger partial charge in [-0.2, -0.15) is 0 Å². The van der Waals surface area contributed by atoms with Crippen LogP contribution in [0.15, 0.2) is 10.9 Å². The number of carbonyl (C=O) groups excluding carboxylic acids is 1. The molecule has 0 aliphatic heterocycles. The molecule has 0 aromatic carbocycles. The van der Waals surface area contributed by atoms with Crippen LogP contribution in [-0.2, 0) is 0 Å². The average molecular weight is 284 g/mol. The SMILES string of the molecule is CCCCCCCN(CCCO)C(=O)c1cscn1. The van der Waals surface area contributed by atoms with Crippen molar-refractivity contribution in [3.05, 3.63) is 16.6 Å². The molecule has 0 atom stereocenters. The van der Waals surface area contributed by atoms with E-state index in [0.717, 1.165) is 19.4 Å². The summed E-state index contributed by atoms with van der Waals surface area (Å²) in [5.74, 6) is -0.00908. The normalized spacial score (nSPS) is 10.6. The summed E-state index contributed by atoms with van der Waals surface area (Å²) in [5.41, 5.74) is 2.20. The number of hydrogen-bond donors (Lipinski definition) is 1. The zero-order chi connectivity index (χ0) is 13.9. The van der Waals surface area contributed by atoms with Crippen molar-refractivity contribution >= 4 is 17.2 Å². The molecular formula is C14H24N2O2S. The highest BCUT2D eigenvalue weighted by Gasteiger charge is 2.16. The van der Waals surface area contributed by atoms with Crippen LogP contribution in [0.3, 0.4) is 0 Å². The number of hydrogen-bond acceptors (Lipinski definition) is 4. The lowest BCUT2D eigenvalue weighted by Gasteiger charge is -2.21. The summed E-state index contributed by atoms with van der Waals surface area (Å²) < 4.78 is 0. The fourth-order valence-electron chi connectivity index (χ4n) is 1.96. The van der Waals surface area contributed by atoms with Crippen molar-refractivity contribution in [2.24, 2.45) is 0 Å². The van der Waals surface area contributed by atoms with Gasteiger partial charge in [-0.1, -0.05) is 32.6 Å². The molecule has 108 valence electrons.